The Morgan fingerprint density at radius 3 is 2.25 bits per heavy atom. The van der Waals surface area contributed by atoms with E-state index in [1.165, 1.54) is 0 Å². The average molecular weight is 357 g/mol. The van der Waals surface area contributed by atoms with Crippen LogP contribution in [-0.4, -0.2) is 30.4 Å². The molecule has 0 aliphatic carbocycles. The highest BCUT2D eigenvalue weighted by atomic mass is 31.2. The van der Waals surface area contributed by atoms with Crippen LogP contribution in [0, 0.1) is 0 Å². The summed E-state index contributed by atoms with van der Waals surface area (Å²) in [5.74, 6) is 0.536. The predicted octanol–water partition coefficient (Wildman–Crippen LogP) is 4.00. The van der Waals surface area contributed by atoms with E-state index in [1.807, 2.05) is 0 Å². The number of nitrogens with one attached hydrogen (secondary N) is 1. The highest BCUT2D eigenvalue weighted by Crippen LogP contribution is 2.55. The molecule has 0 aliphatic heterocycles. The Bertz CT molecular complexity index is 609. The van der Waals surface area contributed by atoms with E-state index in [4.69, 9.17) is 14.0 Å². The molecule has 7 heteroatoms. The van der Waals surface area contributed by atoms with Crippen LogP contribution in [0.1, 0.15) is 41.5 Å². The molecule has 0 aromatic heterocycles. The first-order valence-electron chi connectivity index (χ1n) is 7.90. The first kappa shape index (κ1) is 20.5. The predicted molar refractivity (Wildman–Crippen MR) is 94.8 cm³/mol. The third-order valence-electron chi connectivity index (χ3n) is 3.23. The van der Waals surface area contributed by atoms with Crippen LogP contribution >= 0.6 is 7.52 Å². The maximum absolute atomic E-state index is 13.4. The van der Waals surface area contributed by atoms with Crippen molar-refractivity contribution in [2.24, 2.45) is 0 Å². The number of methoxy groups -OCH3 is 1. The van der Waals surface area contributed by atoms with Gasteiger partial charge in [-0.25, -0.2) is 5.09 Å². The molecule has 0 saturated heterocycles. The highest BCUT2D eigenvalue weighted by molar-refractivity contribution is 7.59. The molecule has 0 saturated carbocycles. The molecular formula is C17H28NO5P. The van der Waals surface area contributed by atoms with Gasteiger partial charge in [-0.1, -0.05) is 6.07 Å². The van der Waals surface area contributed by atoms with Crippen molar-refractivity contribution in [1.29, 1.82) is 0 Å². The average Bonchev–Trinajstić information content (AvgIpc) is 2.45. The first-order chi connectivity index (χ1) is 11.0. The second kappa shape index (κ2) is 8.04. The quantitative estimate of drug-likeness (QED) is 0.587. The number of hydrogen-bond acceptors (Lipinski definition) is 5. The van der Waals surface area contributed by atoms with Crippen LogP contribution in [0.25, 0.3) is 0 Å². The summed E-state index contributed by atoms with van der Waals surface area (Å²) < 4.78 is 29.5. The number of rotatable bonds is 7. The molecule has 1 rings (SSSR count). The molecule has 1 aromatic rings. The molecule has 1 N–H and O–H groups in total. The summed E-state index contributed by atoms with van der Waals surface area (Å²) in [5, 5.41) is 2.12. The Morgan fingerprint density at radius 1 is 1.17 bits per heavy atom. The van der Waals surface area contributed by atoms with Gasteiger partial charge in [0.1, 0.15) is 17.5 Å². The number of carbonyl (C=O) groups is 1. The molecule has 0 spiro atoms. The molecule has 24 heavy (non-hydrogen) atoms. The lowest BCUT2D eigenvalue weighted by molar-refractivity contribution is -0.149. The molecule has 0 radical (unpaired) electrons. The van der Waals surface area contributed by atoms with Gasteiger partial charge in [0.2, 0.25) is 0 Å². The van der Waals surface area contributed by atoms with E-state index < -0.39 is 24.7 Å². The van der Waals surface area contributed by atoms with Crippen LogP contribution in [0.3, 0.4) is 0 Å². The van der Waals surface area contributed by atoms with Gasteiger partial charge in [0.25, 0.3) is 0 Å². The third-order valence-corrected chi connectivity index (χ3v) is 6.19. The molecule has 0 aliphatic rings. The van der Waals surface area contributed by atoms with E-state index in [1.54, 1.807) is 72.9 Å². The Labute approximate surface area is 144 Å². The van der Waals surface area contributed by atoms with Crippen molar-refractivity contribution in [1.82, 2.24) is 5.09 Å². The van der Waals surface area contributed by atoms with Crippen molar-refractivity contribution in [3.8, 4) is 11.5 Å². The third kappa shape index (κ3) is 5.53. The smallest absolute Gasteiger partial charge is 0.323 e. The lowest BCUT2D eigenvalue weighted by atomic mass is 10.3. The van der Waals surface area contributed by atoms with Crippen LogP contribution in [0.2, 0.25) is 0 Å². The van der Waals surface area contributed by atoms with Gasteiger partial charge in [-0.2, -0.15) is 0 Å². The van der Waals surface area contributed by atoms with Gasteiger partial charge in [0, 0.05) is 6.07 Å². The van der Waals surface area contributed by atoms with E-state index in [0.717, 1.165) is 0 Å². The Balaban J connectivity index is 3.02. The van der Waals surface area contributed by atoms with Crippen LogP contribution in [0.5, 0.6) is 11.5 Å². The second-order valence-electron chi connectivity index (χ2n) is 6.83. The van der Waals surface area contributed by atoms with Gasteiger partial charge in [-0.3, -0.25) is 9.36 Å². The topological polar surface area (TPSA) is 73.9 Å². The molecular weight excluding hydrogens is 329 g/mol. The number of esters is 1. The zero-order chi connectivity index (χ0) is 18.5. The first-order valence-corrected chi connectivity index (χ1v) is 9.53. The molecule has 0 amide bonds. The fraction of sp³-hybridized carbons (Fsp3) is 0.588. The summed E-state index contributed by atoms with van der Waals surface area (Å²) in [6, 6.07) is 6.10. The Morgan fingerprint density at radius 2 is 1.75 bits per heavy atom. The molecule has 0 fully saturated rings. The van der Waals surface area contributed by atoms with Crippen molar-refractivity contribution in [2.75, 3.05) is 7.11 Å². The zero-order valence-corrected chi connectivity index (χ0v) is 16.3. The van der Waals surface area contributed by atoms with E-state index in [9.17, 15) is 9.36 Å². The summed E-state index contributed by atoms with van der Waals surface area (Å²) >= 11 is 0. The number of benzene rings is 1. The maximum Gasteiger partial charge on any atom is 0.323 e. The summed E-state index contributed by atoms with van der Waals surface area (Å²) in [4.78, 5) is 12.0. The molecule has 6 nitrogen and oxygen atoms in total. The normalized spacial score (nSPS) is 15.5. The second-order valence-corrected chi connectivity index (χ2v) is 9.71. The molecule has 0 bridgehead atoms. The van der Waals surface area contributed by atoms with Crippen molar-refractivity contribution in [3.05, 3.63) is 24.3 Å². The minimum Gasteiger partial charge on any atom is -0.497 e. The van der Waals surface area contributed by atoms with Crippen LogP contribution < -0.4 is 14.3 Å². The fourth-order valence-electron chi connectivity index (χ4n) is 1.81. The van der Waals surface area contributed by atoms with Crippen molar-refractivity contribution < 1.29 is 23.4 Å². The van der Waals surface area contributed by atoms with E-state index in [-0.39, 0.29) is 6.10 Å². The van der Waals surface area contributed by atoms with Crippen LogP contribution in [0.15, 0.2) is 24.3 Å². The molecule has 1 unspecified atom stereocenters. The summed E-state index contributed by atoms with van der Waals surface area (Å²) in [5.41, 5.74) is 0. The van der Waals surface area contributed by atoms with Crippen molar-refractivity contribution >= 4 is 13.5 Å². The van der Waals surface area contributed by atoms with Crippen molar-refractivity contribution in [3.63, 3.8) is 0 Å². The lowest BCUT2D eigenvalue weighted by Crippen LogP contribution is -2.40. The number of hydrogen-bond donors (Lipinski definition) is 1. The molecule has 136 valence electrons. The molecule has 0 heterocycles. The van der Waals surface area contributed by atoms with Gasteiger partial charge in [0.05, 0.1) is 18.4 Å². The van der Waals surface area contributed by atoms with Crippen LogP contribution in [0.4, 0.5) is 0 Å². The minimum atomic E-state index is -3.42. The van der Waals surface area contributed by atoms with E-state index in [2.05, 4.69) is 5.09 Å². The minimum absolute atomic E-state index is 0.241. The Kier molecular flexibility index (Phi) is 6.87. The van der Waals surface area contributed by atoms with Gasteiger partial charge >= 0.3 is 13.5 Å². The summed E-state index contributed by atoms with van der Waals surface area (Å²) in [6.07, 6.45) is -0.241. The Hall–Kier alpha value is -1.52. The monoisotopic (exact) mass is 357 g/mol. The summed E-state index contributed by atoms with van der Waals surface area (Å²) in [6.45, 7) is 10.5. The van der Waals surface area contributed by atoms with Gasteiger partial charge in [-0.05, 0) is 53.7 Å². The van der Waals surface area contributed by atoms with Crippen LogP contribution in [-0.2, 0) is 14.1 Å². The lowest BCUT2D eigenvalue weighted by Gasteiger charge is -2.33. The van der Waals surface area contributed by atoms with E-state index in [0.29, 0.717) is 11.5 Å². The van der Waals surface area contributed by atoms with Gasteiger partial charge in [0.15, 0.2) is 0 Å². The molecule has 1 aromatic carbocycles. The van der Waals surface area contributed by atoms with E-state index >= 15 is 0 Å². The largest absolute Gasteiger partial charge is 0.497 e. The van der Waals surface area contributed by atoms with Gasteiger partial charge < -0.3 is 14.0 Å². The number of carbonyl (C=O) groups excluding carboxylic acids is 1. The van der Waals surface area contributed by atoms with Gasteiger partial charge in [-0.15, -0.1) is 0 Å². The SMILES string of the molecule is COc1cccc(OP(=O)(N[C@@H](C)C(=O)OC(C)C)C(C)(C)C)c1. The fourth-order valence-corrected chi connectivity index (χ4v) is 3.54. The molecule has 2 atom stereocenters. The maximum atomic E-state index is 13.4. The standard InChI is InChI=1S/C17H28NO5P/c1-12(2)22-16(19)13(3)18-24(20,17(4,5)6)23-15-10-8-9-14(11-15)21-7/h8-13H,1-7H3,(H,18,20)/t13-,24?/m0/s1. The van der Waals surface area contributed by atoms with Crippen molar-refractivity contribution in [2.45, 2.75) is 58.8 Å². The highest BCUT2D eigenvalue weighted by Gasteiger charge is 2.42. The summed E-state index contributed by atoms with van der Waals surface area (Å²) in [7, 11) is -1.87. The zero-order valence-electron chi connectivity index (χ0n) is 15.5. The number of ether oxygens (including phenoxy) is 2.